The van der Waals surface area contributed by atoms with Crippen LogP contribution in [0.25, 0.3) is 33.7 Å². The third-order valence-corrected chi connectivity index (χ3v) is 5.62. The Morgan fingerprint density at radius 1 is 0.676 bits per heavy atom. The third kappa shape index (κ3) is 4.92. The molecule has 0 unspecified atom stereocenters. The number of hydrogen-bond acceptors (Lipinski definition) is 6. The number of aryl methyl sites for hydroxylation is 1. The monoisotopic (exact) mass is 447 g/mol. The van der Waals surface area contributed by atoms with Crippen LogP contribution in [0.2, 0.25) is 0 Å². The molecular weight excluding hydrogens is 422 g/mol. The molecule has 3 aromatic heterocycles. The fraction of sp³-hybridized carbons (Fsp3) is 0.143. The molecule has 6 nitrogen and oxygen atoms in total. The normalized spacial score (nSPS) is 11.0. The van der Waals surface area contributed by atoms with Gasteiger partial charge in [-0.1, -0.05) is 54.6 Å². The number of benzene rings is 2. The lowest BCUT2D eigenvalue weighted by Crippen LogP contribution is -2.03. The summed E-state index contributed by atoms with van der Waals surface area (Å²) in [6.45, 7) is 1.07. The largest absolute Gasteiger partial charge is 0.478 e. The highest BCUT2D eigenvalue weighted by Crippen LogP contribution is 2.31. The lowest BCUT2D eigenvalue weighted by molar-refractivity contribution is 0.300. The van der Waals surface area contributed by atoms with Gasteiger partial charge in [0, 0.05) is 36.1 Å². The van der Waals surface area contributed by atoms with Gasteiger partial charge in [-0.2, -0.15) is 4.98 Å². The van der Waals surface area contributed by atoms with Crippen molar-refractivity contribution in [2.75, 3.05) is 6.61 Å². The van der Waals surface area contributed by atoms with Crippen molar-refractivity contribution in [3.63, 3.8) is 0 Å². The van der Waals surface area contributed by atoms with Crippen LogP contribution in [0.5, 0.6) is 5.88 Å². The van der Waals surface area contributed by atoms with E-state index in [1.165, 1.54) is 5.56 Å². The molecule has 6 heteroatoms. The smallest absolute Gasteiger partial charge is 0.215 e. The van der Waals surface area contributed by atoms with Crippen LogP contribution >= 0.6 is 0 Å². The molecule has 0 aliphatic heterocycles. The van der Waals surface area contributed by atoms with E-state index in [0.717, 1.165) is 46.4 Å². The van der Waals surface area contributed by atoms with Gasteiger partial charge in [-0.25, -0.2) is 9.97 Å². The van der Waals surface area contributed by atoms with Crippen molar-refractivity contribution in [3.8, 4) is 28.4 Å². The Morgan fingerprint density at radius 3 is 2.18 bits per heavy atom. The highest BCUT2D eigenvalue weighted by Gasteiger charge is 2.14. The zero-order valence-electron chi connectivity index (χ0n) is 18.8. The van der Waals surface area contributed by atoms with Gasteiger partial charge in [0.25, 0.3) is 0 Å². The van der Waals surface area contributed by atoms with E-state index in [2.05, 4.69) is 9.97 Å². The molecule has 0 radical (unpaired) electrons. The second-order valence-corrected chi connectivity index (χ2v) is 7.99. The summed E-state index contributed by atoms with van der Waals surface area (Å²) >= 11 is 0. The van der Waals surface area contributed by atoms with Crippen LogP contribution in [0, 0.1) is 0 Å². The van der Waals surface area contributed by atoms with Crippen LogP contribution in [-0.2, 0) is 13.0 Å². The predicted octanol–water partition coefficient (Wildman–Crippen LogP) is 5.22. The van der Waals surface area contributed by atoms with E-state index in [1.807, 2.05) is 91.3 Å². The van der Waals surface area contributed by atoms with Crippen molar-refractivity contribution in [2.24, 2.45) is 5.73 Å². The van der Waals surface area contributed by atoms with Gasteiger partial charge < -0.3 is 10.5 Å². The van der Waals surface area contributed by atoms with Gasteiger partial charge >= 0.3 is 0 Å². The Bertz CT molecular complexity index is 1370. The van der Waals surface area contributed by atoms with E-state index < -0.39 is 0 Å². The molecular formula is C28H25N5O. The summed E-state index contributed by atoms with van der Waals surface area (Å²) in [5, 5.41) is 0. The molecule has 5 aromatic rings. The molecule has 168 valence electrons. The summed E-state index contributed by atoms with van der Waals surface area (Å²) < 4.78 is 5.92. The molecule has 5 rings (SSSR count). The standard InChI is InChI=1S/C28H25N5O/c29-19-21-8-10-23(11-9-21)27-26(22-6-2-1-3-7-22)31-24-12-13-25(32-28(24)33-27)34-18-4-5-20-14-16-30-17-15-20/h1-3,6-17H,4-5,18-19,29H2. The fourth-order valence-corrected chi connectivity index (χ4v) is 3.81. The molecule has 0 spiro atoms. The van der Waals surface area contributed by atoms with Crippen LogP contribution < -0.4 is 10.5 Å². The first-order valence-electron chi connectivity index (χ1n) is 11.4. The Balaban J connectivity index is 1.44. The van der Waals surface area contributed by atoms with Gasteiger partial charge in [-0.15, -0.1) is 0 Å². The minimum absolute atomic E-state index is 0.499. The molecule has 3 heterocycles. The van der Waals surface area contributed by atoms with Gasteiger partial charge in [0.1, 0.15) is 5.52 Å². The molecule has 0 saturated heterocycles. The van der Waals surface area contributed by atoms with Gasteiger partial charge in [0.2, 0.25) is 5.88 Å². The van der Waals surface area contributed by atoms with E-state index in [9.17, 15) is 0 Å². The van der Waals surface area contributed by atoms with E-state index >= 15 is 0 Å². The molecule has 0 aliphatic rings. The predicted molar refractivity (Wildman–Crippen MR) is 134 cm³/mol. The van der Waals surface area contributed by atoms with Crippen molar-refractivity contribution < 1.29 is 4.74 Å². The maximum absolute atomic E-state index is 5.92. The Kier molecular flexibility index (Phi) is 6.49. The van der Waals surface area contributed by atoms with Crippen molar-refractivity contribution in [1.29, 1.82) is 0 Å². The van der Waals surface area contributed by atoms with Crippen molar-refractivity contribution in [3.05, 3.63) is 102 Å². The lowest BCUT2D eigenvalue weighted by Gasteiger charge is -2.12. The molecule has 34 heavy (non-hydrogen) atoms. The first kappa shape index (κ1) is 21.7. The average molecular weight is 448 g/mol. The number of fused-ring (bicyclic) bond motifs is 1. The molecule has 2 N–H and O–H groups in total. The zero-order valence-corrected chi connectivity index (χ0v) is 18.8. The molecule has 0 bridgehead atoms. The van der Waals surface area contributed by atoms with Gasteiger partial charge in [0.05, 0.1) is 18.0 Å². The fourth-order valence-electron chi connectivity index (χ4n) is 3.81. The second-order valence-electron chi connectivity index (χ2n) is 7.99. The number of ether oxygens (including phenoxy) is 1. The summed E-state index contributed by atoms with van der Waals surface area (Å²) in [5.74, 6) is 0.549. The molecule has 0 fully saturated rings. The summed E-state index contributed by atoms with van der Waals surface area (Å²) in [4.78, 5) is 18.6. The van der Waals surface area contributed by atoms with Crippen LogP contribution in [0.3, 0.4) is 0 Å². The number of rotatable bonds is 8. The number of aromatic nitrogens is 4. The van der Waals surface area contributed by atoms with E-state index in [0.29, 0.717) is 24.7 Å². The van der Waals surface area contributed by atoms with Gasteiger partial charge in [0.15, 0.2) is 5.65 Å². The first-order chi connectivity index (χ1) is 16.8. The molecule has 0 amide bonds. The van der Waals surface area contributed by atoms with Crippen molar-refractivity contribution >= 4 is 11.2 Å². The Hall–Kier alpha value is -4.16. The number of nitrogens with zero attached hydrogens (tertiary/aromatic N) is 4. The number of pyridine rings is 2. The van der Waals surface area contributed by atoms with E-state index in [1.54, 1.807) is 0 Å². The Morgan fingerprint density at radius 2 is 1.41 bits per heavy atom. The second kappa shape index (κ2) is 10.2. The first-order valence-corrected chi connectivity index (χ1v) is 11.4. The SMILES string of the molecule is NCc1ccc(-c2nc3nc(OCCCc4ccncc4)ccc3nc2-c2ccccc2)cc1. The maximum Gasteiger partial charge on any atom is 0.215 e. The molecule has 0 atom stereocenters. The topological polar surface area (TPSA) is 86.8 Å². The van der Waals surface area contributed by atoms with Gasteiger partial charge in [-0.3, -0.25) is 4.98 Å². The summed E-state index contributed by atoms with van der Waals surface area (Å²) in [5.41, 5.74) is 13.0. The minimum Gasteiger partial charge on any atom is -0.478 e. The molecule has 0 aliphatic carbocycles. The molecule has 0 saturated carbocycles. The van der Waals surface area contributed by atoms with E-state index in [4.69, 9.17) is 20.4 Å². The summed E-state index contributed by atoms with van der Waals surface area (Å²) in [6, 6.07) is 26.0. The average Bonchev–Trinajstić information content (AvgIpc) is 2.91. The van der Waals surface area contributed by atoms with Crippen molar-refractivity contribution in [2.45, 2.75) is 19.4 Å². The zero-order chi connectivity index (χ0) is 23.2. The Labute approximate surface area is 198 Å². The highest BCUT2D eigenvalue weighted by atomic mass is 16.5. The number of hydrogen-bond donors (Lipinski definition) is 1. The van der Waals surface area contributed by atoms with Crippen LogP contribution in [0.4, 0.5) is 0 Å². The minimum atomic E-state index is 0.499. The molecule has 2 aromatic carbocycles. The summed E-state index contributed by atoms with van der Waals surface area (Å²) in [7, 11) is 0. The van der Waals surface area contributed by atoms with Crippen molar-refractivity contribution in [1.82, 2.24) is 19.9 Å². The third-order valence-electron chi connectivity index (χ3n) is 5.62. The quantitative estimate of drug-likeness (QED) is 0.328. The van der Waals surface area contributed by atoms with Gasteiger partial charge in [-0.05, 0) is 42.2 Å². The van der Waals surface area contributed by atoms with Crippen LogP contribution in [-0.4, -0.2) is 26.5 Å². The lowest BCUT2D eigenvalue weighted by atomic mass is 10.0. The van der Waals surface area contributed by atoms with Crippen LogP contribution in [0.15, 0.2) is 91.3 Å². The maximum atomic E-state index is 5.92. The highest BCUT2D eigenvalue weighted by molar-refractivity contribution is 5.84. The van der Waals surface area contributed by atoms with Crippen LogP contribution in [0.1, 0.15) is 17.5 Å². The summed E-state index contributed by atoms with van der Waals surface area (Å²) in [6.07, 6.45) is 5.44. The van der Waals surface area contributed by atoms with E-state index in [-0.39, 0.29) is 0 Å². The number of nitrogens with two attached hydrogens (primary N) is 1.